The van der Waals surface area contributed by atoms with Gasteiger partial charge in [0.1, 0.15) is 5.75 Å². The maximum Gasteiger partial charge on any atom is 0.253 e. The zero-order valence-electron chi connectivity index (χ0n) is 13.8. The molecule has 1 heterocycles. The van der Waals surface area contributed by atoms with Gasteiger partial charge in [-0.2, -0.15) is 0 Å². The number of carbonyl (C=O) groups is 1. The van der Waals surface area contributed by atoms with Gasteiger partial charge < -0.3 is 14.6 Å². The molecule has 1 N–H and O–H groups in total. The van der Waals surface area contributed by atoms with E-state index >= 15 is 0 Å². The standard InChI is InChI=1S/C18H24N2O2/c1-5-20-13(3)10-17(14(20)4)18(21)19-12-15-8-7-9-16(11-15)22-6-2/h7-11H,5-6,12H2,1-4H3,(H,19,21). The monoisotopic (exact) mass is 300 g/mol. The van der Waals surface area contributed by atoms with Gasteiger partial charge in [0.25, 0.3) is 5.91 Å². The fourth-order valence-electron chi connectivity index (χ4n) is 2.71. The summed E-state index contributed by atoms with van der Waals surface area (Å²) in [7, 11) is 0. The molecule has 1 aromatic carbocycles. The largest absolute Gasteiger partial charge is 0.494 e. The molecule has 0 saturated carbocycles. The van der Waals surface area contributed by atoms with Gasteiger partial charge in [-0.3, -0.25) is 4.79 Å². The molecule has 0 bridgehead atoms. The van der Waals surface area contributed by atoms with Crippen molar-refractivity contribution >= 4 is 5.91 Å². The summed E-state index contributed by atoms with van der Waals surface area (Å²) >= 11 is 0. The van der Waals surface area contributed by atoms with E-state index in [-0.39, 0.29) is 5.91 Å². The number of hydrogen-bond acceptors (Lipinski definition) is 2. The molecule has 0 aliphatic rings. The summed E-state index contributed by atoms with van der Waals surface area (Å²) in [5.74, 6) is 0.799. The summed E-state index contributed by atoms with van der Waals surface area (Å²) in [6.45, 7) is 10.1. The Morgan fingerprint density at radius 3 is 2.64 bits per heavy atom. The molecule has 0 radical (unpaired) electrons. The second-order valence-electron chi connectivity index (χ2n) is 5.29. The molecular formula is C18H24N2O2. The van der Waals surface area contributed by atoms with E-state index in [2.05, 4.69) is 16.8 Å². The molecule has 2 rings (SSSR count). The predicted octanol–water partition coefficient (Wildman–Crippen LogP) is 3.45. The van der Waals surface area contributed by atoms with E-state index in [0.29, 0.717) is 13.2 Å². The summed E-state index contributed by atoms with van der Waals surface area (Å²) in [5.41, 5.74) is 3.91. The molecule has 0 atom stereocenters. The van der Waals surface area contributed by atoms with E-state index in [4.69, 9.17) is 4.74 Å². The average Bonchev–Trinajstić information content (AvgIpc) is 2.80. The fourth-order valence-corrected chi connectivity index (χ4v) is 2.71. The maximum absolute atomic E-state index is 12.4. The molecule has 4 nitrogen and oxygen atoms in total. The smallest absolute Gasteiger partial charge is 0.253 e. The Morgan fingerprint density at radius 2 is 2.00 bits per heavy atom. The van der Waals surface area contributed by atoms with Crippen LogP contribution in [0.15, 0.2) is 30.3 Å². The van der Waals surface area contributed by atoms with Crippen LogP contribution < -0.4 is 10.1 Å². The van der Waals surface area contributed by atoms with Crippen LogP contribution in [0.3, 0.4) is 0 Å². The number of nitrogens with zero attached hydrogens (tertiary/aromatic N) is 1. The van der Waals surface area contributed by atoms with Crippen molar-refractivity contribution < 1.29 is 9.53 Å². The molecule has 1 aromatic heterocycles. The number of rotatable bonds is 6. The van der Waals surface area contributed by atoms with Gasteiger partial charge in [-0.1, -0.05) is 12.1 Å². The molecule has 118 valence electrons. The van der Waals surface area contributed by atoms with E-state index in [1.165, 1.54) is 0 Å². The first-order chi connectivity index (χ1) is 10.6. The van der Waals surface area contributed by atoms with Gasteiger partial charge in [0.15, 0.2) is 0 Å². The van der Waals surface area contributed by atoms with E-state index in [1.54, 1.807) is 0 Å². The number of amides is 1. The normalized spacial score (nSPS) is 10.5. The van der Waals surface area contributed by atoms with Crippen molar-refractivity contribution in [2.24, 2.45) is 0 Å². The third-order valence-electron chi connectivity index (χ3n) is 3.80. The van der Waals surface area contributed by atoms with Gasteiger partial charge in [0.2, 0.25) is 0 Å². The van der Waals surface area contributed by atoms with Gasteiger partial charge in [0.05, 0.1) is 12.2 Å². The van der Waals surface area contributed by atoms with Gasteiger partial charge >= 0.3 is 0 Å². The molecule has 0 unspecified atom stereocenters. The lowest BCUT2D eigenvalue weighted by atomic mass is 10.2. The van der Waals surface area contributed by atoms with Crippen LogP contribution in [-0.2, 0) is 13.1 Å². The van der Waals surface area contributed by atoms with Crippen LogP contribution >= 0.6 is 0 Å². The van der Waals surface area contributed by atoms with Crippen LogP contribution in [0.5, 0.6) is 5.75 Å². The number of aromatic nitrogens is 1. The Balaban J connectivity index is 2.05. The molecule has 1 amide bonds. The summed E-state index contributed by atoms with van der Waals surface area (Å²) in [6.07, 6.45) is 0. The number of benzene rings is 1. The first-order valence-corrected chi connectivity index (χ1v) is 7.73. The van der Waals surface area contributed by atoms with Gasteiger partial charge in [-0.25, -0.2) is 0 Å². The van der Waals surface area contributed by atoms with Gasteiger partial charge in [-0.15, -0.1) is 0 Å². The number of nitrogens with one attached hydrogen (secondary N) is 1. The molecule has 0 fully saturated rings. The summed E-state index contributed by atoms with van der Waals surface area (Å²) in [6, 6.07) is 9.75. The Hall–Kier alpha value is -2.23. The van der Waals surface area contributed by atoms with Crippen molar-refractivity contribution in [1.29, 1.82) is 0 Å². The molecule has 4 heteroatoms. The Kier molecular flexibility index (Phi) is 5.26. The second kappa shape index (κ2) is 7.16. The van der Waals surface area contributed by atoms with Crippen molar-refractivity contribution in [3.8, 4) is 5.75 Å². The number of ether oxygens (including phenoxy) is 1. The minimum Gasteiger partial charge on any atom is -0.494 e. The average molecular weight is 300 g/mol. The quantitative estimate of drug-likeness (QED) is 0.888. The number of carbonyl (C=O) groups excluding carboxylic acids is 1. The number of aryl methyl sites for hydroxylation is 1. The first kappa shape index (κ1) is 16.1. The van der Waals surface area contributed by atoms with E-state index in [1.807, 2.05) is 51.1 Å². The maximum atomic E-state index is 12.4. The lowest BCUT2D eigenvalue weighted by Crippen LogP contribution is -2.23. The van der Waals surface area contributed by atoms with Crippen LogP contribution in [0.2, 0.25) is 0 Å². The highest BCUT2D eigenvalue weighted by Gasteiger charge is 2.14. The highest BCUT2D eigenvalue weighted by Crippen LogP contribution is 2.16. The number of hydrogen-bond donors (Lipinski definition) is 1. The van der Waals surface area contributed by atoms with Crippen LogP contribution in [0.4, 0.5) is 0 Å². The van der Waals surface area contributed by atoms with Gasteiger partial charge in [0, 0.05) is 24.5 Å². The van der Waals surface area contributed by atoms with E-state index in [0.717, 1.165) is 34.8 Å². The highest BCUT2D eigenvalue weighted by molar-refractivity contribution is 5.95. The van der Waals surface area contributed by atoms with Crippen molar-refractivity contribution in [3.05, 3.63) is 52.8 Å². The van der Waals surface area contributed by atoms with Crippen LogP contribution in [0.25, 0.3) is 0 Å². The van der Waals surface area contributed by atoms with Gasteiger partial charge in [-0.05, 0) is 51.5 Å². The van der Waals surface area contributed by atoms with E-state index < -0.39 is 0 Å². The zero-order valence-corrected chi connectivity index (χ0v) is 13.8. The van der Waals surface area contributed by atoms with Crippen LogP contribution in [0, 0.1) is 13.8 Å². The van der Waals surface area contributed by atoms with Crippen molar-refractivity contribution in [1.82, 2.24) is 9.88 Å². The summed E-state index contributed by atoms with van der Waals surface area (Å²) in [5, 5.41) is 2.98. The molecular weight excluding hydrogens is 276 g/mol. The SMILES string of the molecule is CCOc1cccc(CNC(=O)c2cc(C)n(CC)c2C)c1. The van der Waals surface area contributed by atoms with Crippen molar-refractivity contribution in [2.45, 2.75) is 40.8 Å². The van der Waals surface area contributed by atoms with Crippen LogP contribution in [0.1, 0.15) is 41.2 Å². The minimum atomic E-state index is -0.0328. The zero-order chi connectivity index (χ0) is 16.1. The molecule has 2 aromatic rings. The van der Waals surface area contributed by atoms with E-state index in [9.17, 15) is 4.79 Å². The predicted molar refractivity (Wildman–Crippen MR) is 88.4 cm³/mol. The van der Waals surface area contributed by atoms with Crippen molar-refractivity contribution in [3.63, 3.8) is 0 Å². The third-order valence-corrected chi connectivity index (χ3v) is 3.80. The Labute approximate surface area is 132 Å². The lowest BCUT2D eigenvalue weighted by molar-refractivity contribution is 0.0950. The molecule has 0 spiro atoms. The van der Waals surface area contributed by atoms with Crippen molar-refractivity contribution in [2.75, 3.05) is 6.61 Å². The second-order valence-corrected chi connectivity index (χ2v) is 5.29. The third kappa shape index (κ3) is 3.50. The molecule has 0 aliphatic carbocycles. The molecule has 22 heavy (non-hydrogen) atoms. The topological polar surface area (TPSA) is 43.3 Å². The lowest BCUT2D eigenvalue weighted by Gasteiger charge is -2.09. The van der Waals surface area contributed by atoms with Crippen LogP contribution in [-0.4, -0.2) is 17.1 Å². The summed E-state index contributed by atoms with van der Waals surface area (Å²) in [4.78, 5) is 12.4. The first-order valence-electron chi connectivity index (χ1n) is 7.73. The summed E-state index contributed by atoms with van der Waals surface area (Å²) < 4.78 is 7.62. The molecule has 0 aliphatic heterocycles. The fraction of sp³-hybridized carbons (Fsp3) is 0.389. The Morgan fingerprint density at radius 1 is 1.23 bits per heavy atom. The minimum absolute atomic E-state index is 0.0328. The molecule has 0 saturated heterocycles. The highest BCUT2D eigenvalue weighted by atomic mass is 16.5. The Bertz CT molecular complexity index is 659.